The van der Waals surface area contributed by atoms with Crippen molar-refractivity contribution in [3.05, 3.63) is 35.1 Å². The number of nitriles is 1. The van der Waals surface area contributed by atoms with Gasteiger partial charge in [0.15, 0.2) is 0 Å². The highest BCUT2D eigenvalue weighted by Gasteiger charge is 2.07. The number of benzene rings is 1. The molecule has 0 amide bonds. The Labute approximate surface area is 99.1 Å². The van der Waals surface area contributed by atoms with Gasteiger partial charge in [0.2, 0.25) is 0 Å². The van der Waals surface area contributed by atoms with Crippen LogP contribution in [0.2, 0.25) is 0 Å². The molecule has 1 aromatic carbocycles. The van der Waals surface area contributed by atoms with Gasteiger partial charge in [-0.2, -0.15) is 17.0 Å². The molecule has 0 saturated carbocycles. The van der Waals surface area contributed by atoms with E-state index >= 15 is 0 Å². The summed E-state index contributed by atoms with van der Waals surface area (Å²) in [5, 5.41) is 17.9. The summed E-state index contributed by atoms with van der Waals surface area (Å²) in [6.07, 6.45) is 0.710. The van der Waals surface area contributed by atoms with E-state index < -0.39 is 0 Å². The first kappa shape index (κ1) is 13.0. The highest BCUT2D eigenvalue weighted by atomic mass is 32.2. The number of thioether (sulfide) groups is 1. The number of nitrogens with zero attached hydrogens (tertiary/aromatic N) is 1. The highest BCUT2D eigenvalue weighted by Crippen LogP contribution is 2.22. The van der Waals surface area contributed by atoms with Gasteiger partial charge in [0.25, 0.3) is 0 Å². The lowest BCUT2D eigenvalue weighted by Gasteiger charge is -2.10. The molecule has 0 saturated heterocycles. The van der Waals surface area contributed by atoms with Crippen LogP contribution in [0.1, 0.15) is 24.5 Å². The Morgan fingerprint density at radius 3 is 2.94 bits per heavy atom. The summed E-state index contributed by atoms with van der Waals surface area (Å²) in [6.45, 7) is 2.16. The van der Waals surface area contributed by atoms with Crippen LogP contribution < -0.4 is 0 Å². The van der Waals surface area contributed by atoms with Crippen LogP contribution in [-0.2, 0) is 5.75 Å². The molecule has 0 bridgehead atoms. The second kappa shape index (κ2) is 6.51. The van der Waals surface area contributed by atoms with Crippen molar-refractivity contribution in [2.45, 2.75) is 24.3 Å². The van der Waals surface area contributed by atoms with Gasteiger partial charge in [0.1, 0.15) is 5.82 Å². The largest absolute Gasteiger partial charge is 0.396 e. The van der Waals surface area contributed by atoms with Gasteiger partial charge in [0, 0.05) is 17.6 Å². The standard InChI is InChI=1S/C12H14FNOS/c1-9(4-5-15)16-8-11-6-12(13)3-2-10(11)7-14/h2-3,6,9,15H,4-5,8H2,1H3. The van der Waals surface area contributed by atoms with E-state index in [9.17, 15) is 4.39 Å². The van der Waals surface area contributed by atoms with Gasteiger partial charge >= 0.3 is 0 Å². The molecule has 0 aromatic heterocycles. The fraction of sp³-hybridized carbons (Fsp3) is 0.417. The Balaban J connectivity index is 2.66. The summed E-state index contributed by atoms with van der Waals surface area (Å²) in [5.74, 6) is 0.284. The van der Waals surface area contributed by atoms with Gasteiger partial charge in [-0.1, -0.05) is 6.92 Å². The van der Waals surface area contributed by atoms with E-state index in [1.807, 2.05) is 13.0 Å². The molecule has 0 spiro atoms. The lowest BCUT2D eigenvalue weighted by atomic mass is 10.1. The van der Waals surface area contributed by atoms with Crippen LogP contribution in [0.3, 0.4) is 0 Å². The molecule has 4 heteroatoms. The first-order chi connectivity index (χ1) is 7.67. The maximum absolute atomic E-state index is 13.0. The molecule has 1 atom stereocenters. The van der Waals surface area contributed by atoms with Gasteiger partial charge in [-0.3, -0.25) is 0 Å². The molecular weight excluding hydrogens is 225 g/mol. The lowest BCUT2D eigenvalue weighted by molar-refractivity contribution is 0.289. The fourth-order valence-corrected chi connectivity index (χ4v) is 2.26. The Bertz CT molecular complexity index is 389. The van der Waals surface area contributed by atoms with E-state index in [0.717, 1.165) is 5.56 Å². The minimum atomic E-state index is -0.315. The lowest BCUT2D eigenvalue weighted by Crippen LogP contribution is -2.00. The number of hydrogen-bond acceptors (Lipinski definition) is 3. The Morgan fingerprint density at radius 2 is 2.31 bits per heavy atom. The molecule has 2 nitrogen and oxygen atoms in total. The Hall–Kier alpha value is -1.05. The van der Waals surface area contributed by atoms with E-state index in [1.165, 1.54) is 18.2 Å². The van der Waals surface area contributed by atoms with Gasteiger partial charge < -0.3 is 5.11 Å². The molecule has 86 valence electrons. The fourth-order valence-electron chi connectivity index (χ4n) is 1.29. The molecule has 1 rings (SSSR count). The Kier molecular flexibility index (Phi) is 5.30. The zero-order chi connectivity index (χ0) is 12.0. The van der Waals surface area contributed by atoms with Gasteiger partial charge in [0.05, 0.1) is 11.6 Å². The zero-order valence-electron chi connectivity index (χ0n) is 9.11. The second-order valence-electron chi connectivity index (χ2n) is 3.55. The summed E-state index contributed by atoms with van der Waals surface area (Å²) in [7, 11) is 0. The van der Waals surface area contributed by atoms with Crippen molar-refractivity contribution in [1.82, 2.24) is 0 Å². The highest BCUT2D eigenvalue weighted by molar-refractivity contribution is 7.99. The van der Waals surface area contributed by atoms with Crippen molar-refractivity contribution in [3.8, 4) is 6.07 Å². The normalized spacial score (nSPS) is 12.1. The van der Waals surface area contributed by atoms with E-state index in [0.29, 0.717) is 23.0 Å². The topological polar surface area (TPSA) is 44.0 Å². The van der Waals surface area contributed by atoms with Crippen molar-refractivity contribution in [2.24, 2.45) is 0 Å². The number of aliphatic hydroxyl groups excluding tert-OH is 1. The van der Waals surface area contributed by atoms with E-state index in [2.05, 4.69) is 0 Å². The van der Waals surface area contributed by atoms with Crippen LogP contribution in [0, 0.1) is 17.1 Å². The molecule has 0 aliphatic rings. The summed E-state index contributed by atoms with van der Waals surface area (Å²) >= 11 is 1.61. The van der Waals surface area contributed by atoms with Crippen molar-refractivity contribution in [2.75, 3.05) is 6.61 Å². The molecule has 1 unspecified atom stereocenters. The number of rotatable bonds is 5. The minimum absolute atomic E-state index is 0.155. The first-order valence-corrected chi connectivity index (χ1v) is 6.13. The molecule has 0 aliphatic heterocycles. The van der Waals surface area contributed by atoms with Crippen LogP contribution in [0.5, 0.6) is 0 Å². The van der Waals surface area contributed by atoms with Crippen LogP contribution in [0.4, 0.5) is 4.39 Å². The summed E-state index contributed by atoms with van der Waals surface area (Å²) in [4.78, 5) is 0. The first-order valence-electron chi connectivity index (χ1n) is 5.08. The molecule has 0 fully saturated rings. The monoisotopic (exact) mass is 239 g/mol. The molecule has 16 heavy (non-hydrogen) atoms. The number of halogens is 1. The SMILES string of the molecule is CC(CCO)SCc1cc(F)ccc1C#N. The predicted octanol–water partition coefficient (Wildman–Crippen LogP) is 2.70. The maximum Gasteiger partial charge on any atom is 0.123 e. The average molecular weight is 239 g/mol. The molecule has 1 aromatic rings. The third-order valence-corrected chi connectivity index (χ3v) is 3.53. The quantitative estimate of drug-likeness (QED) is 0.859. The molecule has 0 heterocycles. The zero-order valence-corrected chi connectivity index (χ0v) is 9.93. The van der Waals surface area contributed by atoms with E-state index in [4.69, 9.17) is 10.4 Å². The van der Waals surface area contributed by atoms with Crippen molar-refractivity contribution < 1.29 is 9.50 Å². The summed E-state index contributed by atoms with van der Waals surface area (Å²) in [6, 6.07) is 6.25. The smallest absolute Gasteiger partial charge is 0.123 e. The van der Waals surface area contributed by atoms with Gasteiger partial charge in [-0.15, -0.1) is 0 Å². The van der Waals surface area contributed by atoms with Crippen molar-refractivity contribution in [1.29, 1.82) is 5.26 Å². The molecule has 1 N–H and O–H groups in total. The van der Waals surface area contributed by atoms with Crippen molar-refractivity contribution in [3.63, 3.8) is 0 Å². The second-order valence-corrected chi connectivity index (χ2v) is 4.97. The van der Waals surface area contributed by atoms with E-state index in [-0.39, 0.29) is 12.4 Å². The van der Waals surface area contributed by atoms with Crippen LogP contribution >= 0.6 is 11.8 Å². The molecule has 0 aliphatic carbocycles. The molecular formula is C12H14FNOS. The average Bonchev–Trinajstić information content (AvgIpc) is 2.27. The van der Waals surface area contributed by atoms with Crippen LogP contribution in [0.25, 0.3) is 0 Å². The third-order valence-electron chi connectivity index (χ3n) is 2.25. The maximum atomic E-state index is 13.0. The Morgan fingerprint density at radius 1 is 1.56 bits per heavy atom. The van der Waals surface area contributed by atoms with Gasteiger partial charge in [-0.05, 0) is 30.2 Å². The van der Waals surface area contributed by atoms with Crippen LogP contribution in [-0.4, -0.2) is 17.0 Å². The van der Waals surface area contributed by atoms with Crippen molar-refractivity contribution >= 4 is 11.8 Å². The van der Waals surface area contributed by atoms with Gasteiger partial charge in [-0.25, -0.2) is 4.39 Å². The predicted molar refractivity (Wildman–Crippen MR) is 63.6 cm³/mol. The number of aliphatic hydroxyl groups is 1. The van der Waals surface area contributed by atoms with Crippen LogP contribution in [0.15, 0.2) is 18.2 Å². The summed E-state index contributed by atoms with van der Waals surface area (Å²) < 4.78 is 13.0. The third kappa shape index (κ3) is 3.84. The summed E-state index contributed by atoms with van der Waals surface area (Å²) in [5.41, 5.74) is 1.24. The van der Waals surface area contributed by atoms with E-state index in [1.54, 1.807) is 11.8 Å². The number of hydrogen-bond donors (Lipinski definition) is 1. The molecule has 0 radical (unpaired) electrons. The minimum Gasteiger partial charge on any atom is -0.396 e.